The predicted molar refractivity (Wildman–Crippen MR) is 87.6 cm³/mol. The van der Waals surface area contributed by atoms with Gasteiger partial charge in [-0.2, -0.15) is 0 Å². The molecule has 1 fully saturated rings. The molecule has 0 saturated carbocycles. The minimum absolute atomic E-state index is 0.137. The van der Waals surface area contributed by atoms with E-state index >= 15 is 0 Å². The van der Waals surface area contributed by atoms with Crippen LogP contribution in [0.15, 0.2) is 54.6 Å². The van der Waals surface area contributed by atoms with Crippen molar-refractivity contribution in [2.75, 3.05) is 19.7 Å². The number of carbonyl (C=O) groups is 1. The average molecular weight is 295 g/mol. The molecule has 3 heteroatoms. The van der Waals surface area contributed by atoms with Crippen LogP contribution < -0.4 is 0 Å². The molecule has 114 valence electrons. The lowest BCUT2D eigenvalue weighted by Crippen LogP contribution is -2.45. The Morgan fingerprint density at radius 2 is 1.77 bits per heavy atom. The summed E-state index contributed by atoms with van der Waals surface area (Å²) in [7, 11) is 0. The number of carbonyl (C=O) groups excluding carboxylic acids is 1. The zero-order valence-corrected chi connectivity index (χ0v) is 12.9. The molecule has 0 N–H and O–H groups in total. The second-order valence-corrected chi connectivity index (χ2v) is 5.76. The fourth-order valence-electron chi connectivity index (χ4n) is 2.78. The van der Waals surface area contributed by atoms with Gasteiger partial charge in [0, 0.05) is 13.1 Å². The van der Waals surface area contributed by atoms with Crippen LogP contribution in [0.3, 0.4) is 0 Å². The van der Waals surface area contributed by atoms with E-state index in [1.807, 2.05) is 42.2 Å². The normalized spacial score (nSPS) is 18.2. The van der Waals surface area contributed by atoms with E-state index < -0.39 is 0 Å². The van der Waals surface area contributed by atoms with E-state index in [4.69, 9.17) is 4.74 Å². The van der Waals surface area contributed by atoms with Gasteiger partial charge in [-0.15, -0.1) is 0 Å². The van der Waals surface area contributed by atoms with Gasteiger partial charge in [-0.05, 0) is 23.6 Å². The van der Waals surface area contributed by atoms with Crippen molar-refractivity contribution >= 4 is 5.91 Å². The molecular formula is C19H21NO2. The minimum Gasteiger partial charge on any atom is -0.375 e. The van der Waals surface area contributed by atoms with E-state index in [1.54, 1.807) is 0 Å². The summed E-state index contributed by atoms with van der Waals surface area (Å²) in [6.07, 6.45) is 0.597. The Balaban J connectivity index is 1.65. The maximum absolute atomic E-state index is 12.3. The van der Waals surface area contributed by atoms with Crippen molar-refractivity contribution in [3.63, 3.8) is 0 Å². The lowest BCUT2D eigenvalue weighted by Gasteiger charge is -2.31. The van der Waals surface area contributed by atoms with Crippen LogP contribution in [0.4, 0.5) is 0 Å². The van der Waals surface area contributed by atoms with Gasteiger partial charge in [-0.3, -0.25) is 4.79 Å². The molecule has 3 nitrogen and oxygen atoms in total. The van der Waals surface area contributed by atoms with Crippen molar-refractivity contribution in [2.24, 2.45) is 0 Å². The Kier molecular flexibility index (Phi) is 4.54. The molecule has 2 aromatic carbocycles. The number of benzene rings is 2. The van der Waals surface area contributed by atoms with Crippen LogP contribution in [-0.2, 0) is 16.0 Å². The van der Waals surface area contributed by atoms with Gasteiger partial charge in [0.15, 0.2) is 0 Å². The Morgan fingerprint density at radius 1 is 1.09 bits per heavy atom. The molecule has 0 bridgehead atoms. The van der Waals surface area contributed by atoms with Crippen LogP contribution in [-0.4, -0.2) is 36.6 Å². The smallest absolute Gasteiger partial charge is 0.227 e. The highest BCUT2D eigenvalue weighted by Crippen LogP contribution is 2.19. The molecule has 1 aliphatic heterocycles. The molecule has 1 unspecified atom stereocenters. The summed E-state index contributed by atoms with van der Waals surface area (Å²) >= 11 is 0. The second-order valence-electron chi connectivity index (χ2n) is 5.76. The Hall–Kier alpha value is -2.13. The molecule has 0 radical (unpaired) electrons. The predicted octanol–water partition coefficient (Wildman–Crippen LogP) is 3.14. The first kappa shape index (κ1) is 14.8. The summed E-state index contributed by atoms with van der Waals surface area (Å²) in [5.74, 6) is 0.183. The highest BCUT2D eigenvalue weighted by atomic mass is 16.5. The summed E-state index contributed by atoms with van der Waals surface area (Å²) < 4.78 is 5.48. The molecule has 1 atom stereocenters. The van der Waals surface area contributed by atoms with Crippen LogP contribution >= 0.6 is 0 Å². The molecule has 3 rings (SSSR count). The van der Waals surface area contributed by atoms with Crippen LogP contribution in [0.5, 0.6) is 0 Å². The molecule has 0 aromatic heterocycles. The molecule has 0 aliphatic carbocycles. The highest BCUT2D eigenvalue weighted by Gasteiger charge is 2.21. The van der Waals surface area contributed by atoms with E-state index in [-0.39, 0.29) is 12.0 Å². The van der Waals surface area contributed by atoms with Gasteiger partial charge in [0.05, 0.1) is 19.1 Å². The molecule has 2 aromatic rings. The van der Waals surface area contributed by atoms with E-state index in [0.29, 0.717) is 26.1 Å². The van der Waals surface area contributed by atoms with Crippen LogP contribution in [0.2, 0.25) is 0 Å². The van der Waals surface area contributed by atoms with Crippen molar-refractivity contribution in [2.45, 2.75) is 19.4 Å². The number of rotatable bonds is 3. The van der Waals surface area contributed by atoms with Crippen molar-refractivity contribution < 1.29 is 9.53 Å². The van der Waals surface area contributed by atoms with Crippen LogP contribution in [0, 0.1) is 0 Å². The van der Waals surface area contributed by atoms with Crippen LogP contribution in [0.1, 0.15) is 12.5 Å². The fourth-order valence-corrected chi connectivity index (χ4v) is 2.78. The maximum atomic E-state index is 12.3. The minimum atomic E-state index is 0.137. The van der Waals surface area contributed by atoms with Crippen molar-refractivity contribution in [1.29, 1.82) is 0 Å². The van der Waals surface area contributed by atoms with E-state index in [1.165, 1.54) is 11.1 Å². The van der Waals surface area contributed by atoms with Crippen molar-refractivity contribution in [1.82, 2.24) is 4.90 Å². The van der Waals surface area contributed by atoms with Gasteiger partial charge in [0.2, 0.25) is 5.91 Å². The Labute approximate surface area is 131 Å². The number of nitrogens with zero attached hydrogens (tertiary/aromatic N) is 1. The Bertz CT molecular complexity index is 622. The fraction of sp³-hybridized carbons (Fsp3) is 0.316. The number of morpholine rings is 1. The summed E-state index contributed by atoms with van der Waals surface area (Å²) in [6.45, 7) is 4.04. The zero-order chi connectivity index (χ0) is 15.4. The first-order chi connectivity index (χ1) is 10.7. The third kappa shape index (κ3) is 3.55. The SMILES string of the molecule is CC1CN(C(=O)Cc2ccc(-c3ccccc3)cc2)CCO1. The summed E-state index contributed by atoms with van der Waals surface area (Å²) in [5.41, 5.74) is 3.43. The van der Waals surface area contributed by atoms with Gasteiger partial charge in [-0.25, -0.2) is 0 Å². The molecule has 1 amide bonds. The third-order valence-electron chi connectivity index (χ3n) is 4.01. The highest BCUT2D eigenvalue weighted by molar-refractivity contribution is 5.79. The van der Waals surface area contributed by atoms with Gasteiger partial charge >= 0.3 is 0 Å². The van der Waals surface area contributed by atoms with Crippen molar-refractivity contribution in [3.8, 4) is 11.1 Å². The monoisotopic (exact) mass is 295 g/mol. The van der Waals surface area contributed by atoms with Crippen LogP contribution in [0.25, 0.3) is 11.1 Å². The molecule has 1 saturated heterocycles. The Morgan fingerprint density at radius 3 is 2.45 bits per heavy atom. The lowest BCUT2D eigenvalue weighted by molar-refractivity contribution is -0.137. The molecular weight excluding hydrogens is 274 g/mol. The average Bonchev–Trinajstić information content (AvgIpc) is 2.56. The summed E-state index contributed by atoms with van der Waals surface area (Å²) in [4.78, 5) is 14.2. The van der Waals surface area contributed by atoms with E-state index in [0.717, 1.165) is 5.56 Å². The third-order valence-corrected chi connectivity index (χ3v) is 4.01. The maximum Gasteiger partial charge on any atom is 0.227 e. The largest absolute Gasteiger partial charge is 0.375 e. The topological polar surface area (TPSA) is 29.5 Å². The van der Waals surface area contributed by atoms with E-state index in [9.17, 15) is 4.79 Å². The van der Waals surface area contributed by atoms with Crippen molar-refractivity contribution in [3.05, 3.63) is 60.2 Å². The van der Waals surface area contributed by atoms with Gasteiger partial charge in [0.1, 0.15) is 0 Å². The lowest BCUT2D eigenvalue weighted by atomic mass is 10.0. The van der Waals surface area contributed by atoms with Gasteiger partial charge in [-0.1, -0.05) is 54.6 Å². The van der Waals surface area contributed by atoms with Gasteiger partial charge in [0.25, 0.3) is 0 Å². The second kappa shape index (κ2) is 6.75. The standard InChI is InChI=1S/C19H21NO2/c1-15-14-20(11-12-22-15)19(21)13-16-7-9-18(10-8-16)17-5-3-2-4-6-17/h2-10,15H,11-14H2,1H3. The number of ether oxygens (including phenoxy) is 1. The first-order valence-corrected chi connectivity index (χ1v) is 7.76. The first-order valence-electron chi connectivity index (χ1n) is 7.76. The summed E-state index contributed by atoms with van der Waals surface area (Å²) in [6, 6.07) is 18.5. The summed E-state index contributed by atoms with van der Waals surface area (Å²) in [5, 5.41) is 0. The molecule has 1 aliphatic rings. The molecule has 0 spiro atoms. The quantitative estimate of drug-likeness (QED) is 0.870. The number of hydrogen-bond acceptors (Lipinski definition) is 2. The molecule has 1 heterocycles. The van der Waals surface area contributed by atoms with E-state index in [2.05, 4.69) is 24.3 Å². The van der Waals surface area contributed by atoms with Gasteiger partial charge < -0.3 is 9.64 Å². The zero-order valence-electron chi connectivity index (χ0n) is 12.9. The number of hydrogen-bond donors (Lipinski definition) is 0. The molecule has 22 heavy (non-hydrogen) atoms. The number of amides is 1.